The lowest BCUT2D eigenvalue weighted by Gasteiger charge is -2.27. The summed E-state index contributed by atoms with van der Waals surface area (Å²) in [5, 5.41) is 8.23. The fraction of sp³-hybridized carbons (Fsp3) is 0.300. The molecule has 0 aliphatic heterocycles. The Morgan fingerprint density at radius 3 is 2.00 bits per heavy atom. The first-order valence-electron chi connectivity index (χ1n) is 4.26. The first-order chi connectivity index (χ1) is 7.19. The van der Waals surface area contributed by atoms with E-state index in [0.29, 0.717) is 6.92 Å². The normalized spacial score (nSPS) is 15.6. The number of alkyl halides is 3. The standard InChI is InChI=1S/C10H8F4O2/c1-9(12,10(13,14)8(15)16)6-2-4-7(11)5-3-6/h2-5H,1H3,(H,15,16). The van der Waals surface area contributed by atoms with E-state index in [1.165, 1.54) is 0 Å². The Bertz CT molecular complexity index is 398. The van der Waals surface area contributed by atoms with E-state index in [-0.39, 0.29) is 0 Å². The molecule has 16 heavy (non-hydrogen) atoms. The summed E-state index contributed by atoms with van der Waals surface area (Å²) in [4.78, 5) is 10.2. The van der Waals surface area contributed by atoms with Crippen LogP contribution in [-0.2, 0) is 10.5 Å². The Labute approximate surface area is 88.5 Å². The zero-order valence-corrected chi connectivity index (χ0v) is 8.18. The van der Waals surface area contributed by atoms with Crippen LogP contribution in [-0.4, -0.2) is 17.0 Å². The van der Waals surface area contributed by atoms with E-state index < -0.39 is 28.9 Å². The van der Waals surface area contributed by atoms with Gasteiger partial charge in [-0.2, -0.15) is 8.78 Å². The third-order valence-corrected chi connectivity index (χ3v) is 2.24. The summed E-state index contributed by atoms with van der Waals surface area (Å²) < 4.78 is 52.3. The van der Waals surface area contributed by atoms with Gasteiger partial charge in [0.2, 0.25) is 5.67 Å². The highest BCUT2D eigenvalue weighted by atomic mass is 19.3. The van der Waals surface area contributed by atoms with Crippen molar-refractivity contribution in [2.45, 2.75) is 18.5 Å². The predicted octanol–water partition coefficient (Wildman–Crippen LogP) is 2.73. The van der Waals surface area contributed by atoms with Gasteiger partial charge in [-0.1, -0.05) is 12.1 Å². The Morgan fingerprint density at radius 2 is 1.62 bits per heavy atom. The summed E-state index contributed by atoms with van der Waals surface area (Å²) in [6, 6.07) is 3.13. The molecule has 0 fully saturated rings. The third kappa shape index (κ3) is 1.87. The van der Waals surface area contributed by atoms with Crippen molar-refractivity contribution in [2.24, 2.45) is 0 Å². The van der Waals surface area contributed by atoms with Crippen LogP contribution in [0, 0.1) is 5.82 Å². The summed E-state index contributed by atoms with van der Waals surface area (Å²) >= 11 is 0. The maximum atomic E-state index is 13.7. The highest BCUT2D eigenvalue weighted by molar-refractivity contribution is 5.77. The molecule has 1 atom stereocenters. The van der Waals surface area contributed by atoms with Crippen LogP contribution in [0.25, 0.3) is 0 Å². The first-order valence-corrected chi connectivity index (χ1v) is 4.26. The fourth-order valence-corrected chi connectivity index (χ4v) is 1.14. The summed E-state index contributed by atoms with van der Waals surface area (Å²) in [6.07, 6.45) is 0. The van der Waals surface area contributed by atoms with E-state index in [2.05, 4.69) is 0 Å². The Balaban J connectivity index is 3.20. The van der Waals surface area contributed by atoms with Gasteiger partial charge in [-0.05, 0) is 24.6 Å². The molecule has 1 rings (SSSR count). The van der Waals surface area contributed by atoms with Crippen molar-refractivity contribution in [1.29, 1.82) is 0 Å². The number of hydrogen-bond donors (Lipinski definition) is 1. The number of halogens is 4. The summed E-state index contributed by atoms with van der Waals surface area (Å²) in [6.45, 7) is 0.439. The monoisotopic (exact) mass is 236 g/mol. The van der Waals surface area contributed by atoms with Gasteiger partial charge in [0.15, 0.2) is 0 Å². The lowest BCUT2D eigenvalue weighted by atomic mass is 9.91. The number of aliphatic carboxylic acids is 1. The highest BCUT2D eigenvalue weighted by Gasteiger charge is 2.58. The van der Waals surface area contributed by atoms with Gasteiger partial charge >= 0.3 is 11.9 Å². The molecule has 0 radical (unpaired) electrons. The average Bonchev–Trinajstić information content (AvgIpc) is 2.17. The average molecular weight is 236 g/mol. The predicted molar refractivity (Wildman–Crippen MR) is 47.4 cm³/mol. The fourth-order valence-electron chi connectivity index (χ4n) is 1.14. The van der Waals surface area contributed by atoms with Gasteiger partial charge in [0.05, 0.1) is 0 Å². The number of carboxylic acid groups (broad SMARTS) is 1. The van der Waals surface area contributed by atoms with Crippen LogP contribution in [0.5, 0.6) is 0 Å². The molecule has 0 heterocycles. The van der Waals surface area contributed by atoms with Gasteiger partial charge in [-0.25, -0.2) is 13.6 Å². The highest BCUT2D eigenvalue weighted by Crippen LogP contribution is 2.41. The number of carboxylic acids is 1. The molecule has 1 unspecified atom stereocenters. The lowest BCUT2D eigenvalue weighted by Crippen LogP contribution is -2.45. The summed E-state index contributed by atoms with van der Waals surface area (Å²) in [5.41, 5.74) is -3.99. The zero-order valence-electron chi connectivity index (χ0n) is 8.18. The molecule has 1 aromatic rings. The van der Waals surface area contributed by atoms with Gasteiger partial charge in [0.1, 0.15) is 5.82 Å². The molecule has 0 saturated carbocycles. The van der Waals surface area contributed by atoms with Crippen molar-refractivity contribution in [3.63, 3.8) is 0 Å². The van der Waals surface area contributed by atoms with Gasteiger partial charge in [0.25, 0.3) is 0 Å². The minimum absolute atomic E-state index is 0.439. The first kappa shape index (κ1) is 12.5. The molecule has 88 valence electrons. The lowest BCUT2D eigenvalue weighted by molar-refractivity contribution is -0.190. The topological polar surface area (TPSA) is 37.3 Å². The Hall–Kier alpha value is -1.59. The molecule has 1 aromatic carbocycles. The number of hydrogen-bond acceptors (Lipinski definition) is 1. The molecule has 0 aliphatic rings. The molecular formula is C10H8F4O2. The molecule has 0 spiro atoms. The smallest absolute Gasteiger partial charge is 0.379 e. The number of benzene rings is 1. The van der Waals surface area contributed by atoms with Crippen molar-refractivity contribution in [3.05, 3.63) is 35.6 Å². The van der Waals surface area contributed by atoms with E-state index in [0.717, 1.165) is 24.3 Å². The Kier molecular flexibility index (Phi) is 2.94. The van der Waals surface area contributed by atoms with Gasteiger partial charge < -0.3 is 5.11 Å². The van der Waals surface area contributed by atoms with Crippen molar-refractivity contribution < 1.29 is 27.5 Å². The molecule has 1 N–H and O–H groups in total. The zero-order chi connectivity index (χ0) is 12.6. The second-order valence-corrected chi connectivity index (χ2v) is 3.39. The van der Waals surface area contributed by atoms with Crippen molar-refractivity contribution in [1.82, 2.24) is 0 Å². The van der Waals surface area contributed by atoms with Crippen LogP contribution in [0.2, 0.25) is 0 Å². The minimum Gasteiger partial charge on any atom is -0.477 e. The summed E-state index contributed by atoms with van der Waals surface area (Å²) in [7, 11) is 0. The van der Waals surface area contributed by atoms with Crippen molar-refractivity contribution in [3.8, 4) is 0 Å². The van der Waals surface area contributed by atoms with E-state index in [1.807, 2.05) is 0 Å². The van der Waals surface area contributed by atoms with Crippen LogP contribution in [0.4, 0.5) is 17.6 Å². The SMILES string of the molecule is CC(F)(c1ccc(F)cc1)C(F)(F)C(=O)O. The van der Waals surface area contributed by atoms with E-state index in [4.69, 9.17) is 5.11 Å². The van der Waals surface area contributed by atoms with Crippen LogP contribution in [0.3, 0.4) is 0 Å². The largest absolute Gasteiger partial charge is 0.477 e. The molecule has 0 aliphatic carbocycles. The van der Waals surface area contributed by atoms with E-state index >= 15 is 0 Å². The van der Waals surface area contributed by atoms with Crippen LogP contribution >= 0.6 is 0 Å². The molecule has 0 bridgehead atoms. The van der Waals surface area contributed by atoms with E-state index in [1.54, 1.807) is 0 Å². The van der Waals surface area contributed by atoms with Gasteiger partial charge in [-0.15, -0.1) is 0 Å². The van der Waals surface area contributed by atoms with Crippen molar-refractivity contribution >= 4 is 5.97 Å². The maximum absolute atomic E-state index is 13.7. The molecular weight excluding hydrogens is 228 g/mol. The van der Waals surface area contributed by atoms with Crippen LogP contribution in [0.15, 0.2) is 24.3 Å². The molecule has 2 nitrogen and oxygen atoms in total. The number of rotatable bonds is 3. The van der Waals surface area contributed by atoms with Crippen LogP contribution in [0.1, 0.15) is 12.5 Å². The van der Waals surface area contributed by atoms with Gasteiger partial charge in [-0.3, -0.25) is 0 Å². The summed E-state index contributed by atoms with van der Waals surface area (Å²) in [5.74, 6) is -7.87. The third-order valence-electron chi connectivity index (χ3n) is 2.24. The molecule has 0 aromatic heterocycles. The number of carbonyl (C=O) groups is 1. The van der Waals surface area contributed by atoms with E-state index in [9.17, 15) is 22.4 Å². The quantitative estimate of drug-likeness (QED) is 0.819. The van der Waals surface area contributed by atoms with Crippen LogP contribution < -0.4 is 0 Å². The Morgan fingerprint density at radius 1 is 1.19 bits per heavy atom. The molecule has 0 saturated heterocycles. The second kappa shape index (κ2) is 3.77. The second-order valence-electron chi connectivity index (χ2n) is 3.39. The van der Waals surface area contributed by atoms with Crippen molar-refractivity contribution in [2.75, 3.05) is 0 Å². The minimum atomic E-state index is -4.58. The maximum Gasteiger partial charge on any atom is 0.379 e. The molecule has 0 amide bonds. The van der Waals surface area contributed by atoms with Gasteiger partial charge in [0, 0.05) is 0 Å². The molecule has 6 heteroatoms.